The molecule has 8 heteroatoms. The standard InChI is InChI=1S/C17H17ClN4O2S/c18-14-5-1-4-8-17(14)25(23,24)21-11-9-13(10-12-21)22-16-7-3-2-6-15(16)19-20-22/h1-8,13H,9-12H2. The molecule has 0 atom stereocenters. The summed E-state index contributed by atoms with van der Waals surface area (Å²) >= 11 is 6.08. The summed E-state index contributed by atoms with van der Waals surface area (Å²) in [6.07, 6.45) is 1.38. The van der Waals surface area contributed by atoms with E-state index in [2.05, 4.69) is 10.3 Å². The normalized spacial score (nSPS) is 17.2. The minimum absolute atomic E-state index is 0.144. The van der Waals surface area contributed by atoms with Crippen molar-refractivity contribution in [1.82, 2.24) is 19.3 Å². The highest BCUT2D eigenvalue weighted by molar-refractivity contribution is 7.89. The fourth-order valence-electron chi connectivity index (χ4n) is 3.28. The van der Waals surface area contributed by atoms with Gasteiger partial charge >= 0.3 is 0 Å². The van der Waals surface area contributed by atoms with Crippen LogP contribution >= 0.6 is 11.6 Å². The zero-order valence-corrected chi connectivity index (χ0v) is 15.0. The molecule has 1 aliphatic heterocycles. The van der Waals surface area contributed by atoms with Crippen molar-refractivity contribution in [2.45, 2.75) is 23.8 Å². The molecule has 130 valence electrons. The van der Waals surface area contributed by atoms with Crippen LogP contribution in [0.3, 0.4) is 0 Å². The fraction of sp³-hybridized carbons (Fsp3) is 0.294. The van der Waals surface area contributed by atoms with Gasteiger partial charge in [0, 0.05) is 13.1 Å². The number of hydrogen-bond acceptors (Lipinski definition) is 4. The van der Waals surface area contributed by atoms with Crippen LogP contribution in [0.5, 0.6) is 0 Å². The summed E-state index contributed by atoms with van der Waals surface area (Å²) in [7, 11) is -3.57. The molecule has 1 saturated heterocycles. The number of benzene rings is 2. The summed E-state index contributed by atoms with van der Waals surface area (Å²) in [5, 5.41) is 8.70. The lowest BCUT2D eigenvalue weighted by molar-refractivity contribution is 0.263. The third-order valence-electron chi connectivity index (χ3n) is 4.60. The van der Waals surface area contributed by atoms with Gasteiger partial charge in [0.25, 0.3) is 0 Å². The SMILES string of the molecule is O=S(=O)(c1ccccc1Cl)N1CCC(n2nnc3ccccc32)CC1. The third-order valence-corrected chi connectivity index (χ3v) is 7.00. The fourth-order valence-corrected chi connectivity index (χ4v) is 5.24. The maximum Gasteiger partial charge on any atom is 0.244 e. The molecule has 0 saturated carbocycles. The smallest absolute Gasteiger partial charge is 0.242 e. The van der Waals surface area contributed by atoms with Crippen molar-refractivity contribution in [3.05, 3.63) is 53.6 Å². The predicted molar refractivity (Wildman–Crippen MR) is 96.0 cm³/mol. The van der Waals surface area contributed by atoms with E-state index in [-0.39, 0.29) is 16.0 Å². The molecule has 0 N–H and O–H groups in total. The molecule has 1 aliphatic rings. The van der Waals surface area contributed by atoms with Crippen LogP contribution in [-0.4, -0.2) is 40.8 Å². The van der Waals surface area contributed by atoms with E-state index in [0.29, 0.717) is 25.9 Å². The Morgan fingerprint density at radius 1 is 1.00 bits per heavy atom. The summed E-state index contributed by atoms with van der Waals surface area (Å²) in [6.45, 7) is 0.874. The Hall–Kier alpha value is -1.96. The Balaban J connectivity index is 1.55. The maximum absolute atomic E-state index is 12.8. The van der Waals surface area contributed by atoms with Crippen molar-refractivity contribution >= 4 is 32.7 Å². The first-order valence-corrected chi connectivity index (χ1v) is 9.94. The van der Waals surface area contributed by atoms with Gasteiger partial charge in [-0.2, -0.15) is 4.31 Å². The van der Waals surface area contributed by atoms with E-state index >= 15 is 0 Å². The third kappa shape index (κ3) is 2.92. The number of halogens is 1. The number of nitrogens with zero attached hydrogens (tertiary/aromatic N) is 4. The molecule has 0 radical (unpaired) electrons. The minimum atomic E-state index is -3.57. The van der Waals surface area contributed by atoms with Gasteiger partial charge in [-0.1, -0.05) is 41.1 Å². The van der Waals surface area contributed by atoms with Gasteiger partial charge in [-0.25, -0.2) is 13.1 Å². The van der Waals surface area contributed by atoms with Crippen LogP contribution < -0.4 is 0 Å². The van der Waals surface area contributed by atoms with Crippen molar-refractivity contribution < 1.29 is 8.42 Å². The molecule has 3 aromatic rings. The molecular formula is C17H17ClN4O2S. The molecule has 25 heavy (non-hydrogen) atoms. The topological polar surface area (TPSA) is 68.1 Å². The van der Waals surface area contributed by atoms with E-state index in [4.69, 9.17) is 11.6 Å². The molecule has 0 spiro atoms. The number of para-hydroxylation sites is 1. The molecule has 0 bridgehead atoms. The van der Waals surface area contributed by atoms with Gasteiger partial charge in [0.1, 0.15) is 10.4 Å². The van der Waals surface area contributed by atoms with Gasteiger partial charge < -0.3 is 0 Å². The number of hydrogen-bond donors (Lipinski definition) is 0. The van der Waals surface area contributed by atoms with Gasteiger partial charge in [-0.15, -0.1) is 5.10 Å². The molecular weight excluding hydrogens is 360 g/mol. The second-order valence-corrected chi connectivity index (χ2v) is 8.40. The Morgan fingerprint density at radius 2 is 1.68 bits per heavy atom. The van der Waals surface area contributed by atoms with Crippen molar-refractivity contribution in [1.29, 1.82) is 0 Å². The molecule has 4 rings (SSSR count). The van der Waals surface area contributed by atoms with Crippen molar-refractivity contribution in [2.75, 3.05) is 13.1 Å². The zero-order chi connectivity index (χ0) is 17.4. The predicted octanol–water partition coefficient (Wildman–Crippen LogP) is 3.11. The number of fused-ring (bicyclic) bond motifs is 1. The van der Waals surface area contributed by atoms with Crippen LogP contribution in [0.2, 0.25) is 5.02 Å². The average Bonchev–Trinajstić information content (AvgIpc) is 3.06. The number of aromatic nitrogens is 3. The van der Waals surface area contributed by atoms with Gasteiger partial charge in [-0.05, 0) is 37.1 Å². The van der Waals surface area contributed by atoms with Gasteiger partial charge in [0.15, 0.2) is 0 Å². The van der Waals surface area contributed by atoms with E-state index in [0.717, 1.165) is 11.0 Å². The molecule has 0 unspecified atom stereocenters. The highest BCUT2D eigenvalue weighted by Gasteiger charge is 2.32. The first kappa shape index (κ1) is 16.5. The molecule has 1 fully saturated rings. The molecule has 6 nitrogen and oxygen atoms in total. The zero-order valence-electron chi connectivity index (χ0n) is 13.4. The molecule has 0 amide bonds. The second kappa shape index (κ2) is 6.40. The average molecular weight is 377 g/mol. The molecule has 2 aromatic carbocycles. The highest BCUT2D eigenvalue weighted by atomic mass is 35.5. The van der Waals surface area contributed by atoms with Crippen LogP contribution in [0.25, 0.3) is 11.0 Å². The quantitative estimate of drug-likeness (QED) is 0.704. The monoisotopic (exact) mass is 376 g/mol. The van der Waals surface area contributed by atoms with Crippen molar-refractivity contribution in [3.63, 3.8) is 0 Å². The summed E-state index contributed by atoms with van der Waals surface area (Å²) in [5.41, 5.74) is 1.84. The van der Waals surface area contributed by atoms with E-state index in [1.54, 1.807) is 24.3 Å². The van der Waals surface area contributed by atoms with Crippen LogP contribution in [-0.2, 0) is 10.0 Å². The van der Waals surface area contributed by atoms with Crippen molar-refractivity contribution in [2.24, 2.45) is 0 Å². The van der Waals surface area contributed by atoms with Crippen molar-refractivity contribution in [3.8, 4) is 0 Å². The lowest BCUT2D eigenvalue weighted by Gasteiger charge is -2.31. The molecule has 0 aliphatic carbocycles. The second-order valence-electron chi connectivity index (χ2n) is 6.09. The lowest BCUT2D eigenvalue weighted by Crippen LogP contribution is -2.39. The maximum atomic E-state index is 12.8. The number of rotatable bonds is 3. The Morgan fingerprint density at radius 3 is 2.44 bits per heavy atom. The van der Waals surface area contributed by atoms with Crippen LogP contribution in [0.15, 0.2) is 53.4 Å². The summed E-state index contributed by atoms with van der Waals surface area (Å²) < 4.78 is 29.1. The molecule has 1 aromatic heterocycles. The summed E-state index contributed by atoms with van der Waals surface area (Å²) in [4.78, 5) is 0.168. The first-order chi connectivity index (χ1) is 12.1. The van der Waals surface area contributed by atoms with Gasteiger partial charge in [-0.3, -0.25) is 0 Å². The van der Waals surface area contributed by atoms with Gasteiger partial charge in [0.2, 0.25) is 10.0 Å². The van der Waals surface area contributed by atoms with E-state index in [1.807, 2.05) is 28.9 Å². The van der Waals surface area contributed by atoms with Crippen LogP contribution in [0.4, 0.5) is 0 Å². The summed E-state index contributed by atoms with van der Waals surface area (Å²) in [6, 6.07) is 14.5. The highest BCUT2D eigenvalue weighted by Crippen LogP contribution is 2.30. The molecule has 2 heterocycles. The number of sulfonamides is 1. The van der Waals surface area contributed by atoms with Crippen LogP contribution in [0.1, 0.15) is 18.9 Å². The lowest BCUT2D eigenvalue weighted by atomic mass is 10.1. The summed E-state index contributed by atoms with van der Waals surface area (Å²) in [5.74, 6) is 0. The van der Waals surface area contributed by atoms with Crippen LogP contribution in [0, 0.1) is 0 Å². The minimum Gasteiger partial charge on any atom is -0.242 e. The van der Waals surface area contributed by atoms with E-state index < -0.39 is 10.0 Å². The Bertz CT molecular complexity index is 1010. The Labute approximate surface area is 151 Å². The van der Waals surface area contributed by atoms with E-state index in [1.165, 1.54) is 4.31 Å². The largest absolute Gasteiger partial charge is 0.244 e. The first-order valence-electron chi connectivity index (χ1n) is 8.12. The number of piperidine rings is 1. The Kier molecular flexibility index (Phi) is 4.23. The van der Waals surface area contributed by atoms with E-state index in [9.17, 15) is 8.42 Å². The van der Waals surface area contributed by atoms with Gasteiger partial charge in [0.05, 0.1) is 16.6 Å².